The molecule has 1 aromatic heterocycles. The van der Waals surface area contributed by atoms with Crippen LogP contribution < -0.4 is 10.6 Å². The molecule has 3 amide bonds. The molecule has 0 unspecified atom stereocenters. The molecule has 160 valence electrons. The van der Waals surface area contributed by atoms with Crippen LogP contribution in [0.3, 0.4) is 0 Å². The van der Waals surface area contributed by atoms with Crippen molar-refractivity contribution in [2.75, 3.05) is 18.4 Å². The Hall–Kier alpha value is -3.75. The second-order valence-corrected chi connectivity index (χ2v) is 7.32. The van der Waals surface area contributed by atoms with Crippen LogP contribution in [0.1, 0.15) is 34.2 Å². The summed E-state index contributed by atoms with van der Waals surface area (Å²) in [5.74, 6) is -0.891. The number of aromatic nitrogens is 3. The van der Waals surface area contributed by atoms with Gasteiger partial charge in [-0.2, -0.15) is 0 Å². The Labute approximate surface area is 179 Å². The maximum absolute atomic E-state index is 13.4. The minimum Gasteiger partial charge on any atom is -0.338 e. The van der Waals surface area contributed by atoms with Gasteiger partial charge in [-0.15, -0.1) is 5.10 Å². The summed E-state index contributed by atoms with van der Waals surface area (Å²) < 4.78 is 15.0. The van der Waals surface area contributed by atoms with Crippen LogP contribution in [0, 0.1) is 12.7 Å². The molecule has 0 radical (unpaired) electrons. The lowest BCUT2D eigenvalue weighted by atomic mass is 9.98. The number of fused-ring (bicyclic) bond motifs is 1. The lowest BCUT2D eigenvalue weighted by Gasteiger charge is -2.30. The molecule has 2 heterocycles. The van der Waals surface area contributed by atoms with Gasteiger partial charge in [0, 0.05) is 25.3 Å². The maximum atomic E-state index is 13.4. The number of hydrogen-bond acceptors (Lipinski definition) is 4. The number of carbonyl (C=O) groups is 2. The SMILES string of the molecule is CCNC(=O)N1CCc2c(cccc2-n2nnc(C(=O)Nc3cccc(F)c3)c2C)C1. The van der Waals surface area contributed by atoms with E-state index in [4.69, 9.17) is 0 Å². The molecular weight excluding hydrogens is 399 g/mol. The predicted octanol–water partition coefficient (Wildman–Crippen LogP) is 3.05. The summed E-state index contributed by atoms with van der Waals surface area (Å²) in [4.78, 5) is 26.6. The van der Waals surface area contributed by atoms with Crippen molar-refractivity contribution < 1.29 is 14.0 Å². The fraction of sp³-hybridized carbons (Fsp3) is 0.273. The van der Waals surface area contributed by atoms with Gasteiger partial charge in [0.2, 0.25) is 0 Å². The summed E-state index contributed by atoms with van der Waals surface area (Å²) in [5, 5.41) is 13.7. The normalized spacial score (nSPS) is 12.9. The van der Waals surface area contributed by atoms with E-state index in [1.807, 2.05) is 25.1 Å². The van der Waals surface area contributed by atoms with Crippen LogP contribution in [0.4, 0.5) is 14.9 Å². The highest BCUT2D eigenvalue weighted by Crippen LogP contribution is 2.26. The first-order valence-electron chi connectivity index (χ1n) is 10.1. The molecule has 2 N–H and O–H groups in total. The molecule has 1 aliphatic heterocycles. The number of hydrogen-bond donors (Lipinski definition) is 2. The summed E-state index contributed by atoms with van der Waals surface area (Å²) in [6, 6.07) is 11.4. The Morgan fingerprint density at radius 3 is 2.77 bits per heavy atom. The average molecular weight is 422 g/mol. The van der Waals surface area contributed by atoms with E-state index in [-0.39, 0.29) is 11.7 Å². The van der Waals surface area contributed by atoms with Crippen molar-refractivity contribution in [1.29, 1.82) is 0 Å². The number of urea groups is 1. The number of halogens is 1. The lowest BCUT2D eigenvalue weighted by molar-refractivity contribution is 0.102. The fourth-order valence-corrected chi connectivity index (χ4v) is 3.75. The monoisotopic (exact) mass is 422 g/mol. The number of nitrogens with zero attached hydrogens (tertiary/aromatic N) is 4. The molecule has 0 saturated carbocycles. The Kier molecular flexibility index (Phi) is 5.66. The van der Waals surface area contributed by atoms with Crippen LogP contribution in [0.25, 0.3) is 5.69 Å². The first-order valence-corrected chi connectivity index (χ1v) is 10.1. The van der Waals surface area contributed by atoms with E-state index < -0.39 is 11.7 Å². The van der Waals surface area contributed by atoms with Gasteiger partial charge >= 0.3 is 6.03 Å². The van der Waals surface area contributed by atoms with E-state index in [1.54, 1.807) is 22.6 Å². The molecular formula is C22H23FN6O2. The highest BCUT2D eigenvalue weighted by Gasteiger charge is 2.25. The molecule has 0 aliphatic carbocycles. The molecule has 2 aromatic carbocycles. The van der Waals surface area contributed by atoms with Gasteiger partial charge in [-0.3, -0.25) is 4.79 Å². The van der Waals surface area contributed by atoms with E-state index in [2.05, 4.69) is 20.9 Å². The molecule has 0 fully saturated rings. The van der Waals surface area contributed by atoms with Crippen LogP contribution in [0.5, 0.6) is 0 Å². The van der Waals surface area contributed by atoms with Crippen molar-refractivity contribution in [3.8, 4) is 5.69 Å². The lowest BCUT2D eigenvalue weighted by Crippen LogP contribution is -2.42. The Morgan fingerprint density at radius 1 is 1.19 bits per heavy atom. The van der Waals surface area contributed by atoms with Gasteiger partial charge in [0.25, 0.3) is 5.91 Å². The summed E-state index contributed by atoms with van der Waals surface area (Å²) in [6.45, 7) is 5.35. The summed E-state index contributed by atoms with van der Waals surface area (Å²) in [5.41, 5.74) is 4.04. The third kappa shape index (κ3) is 4.11. The molecule has 9 heteroatoms. The van der Waals surface area contributed by atoms with Gasteiger partial charge in [-0.1, -0.05) is 23.4 Å². The van der Waals surface area contributed by atoms with E-state index in [1.165, 1.54) is 18.2 Å². The summed E-state index contributed by atoms with van der Waals surface area (Å²) in [6.07, 6.45) is 0.673. The number of carbonyl (C=O) groups excluding carboxylic acids is 2. The van der Waals surface area contributed by atoms with Crippen molar-refractivity contribution in [1.82, 2.24) is 25.2 Å². The van der Waals surface area contributed by atoms with E-state index >= 15 is 0 Å². The zero-order valence-corrected chi connectivity index (χ0v) is 17.4. The topological polar surface area (TPSA) is 92.2 Å². The van der Waals surface area contributed by atoms with Gasteiger partial charge in [-0.25, -0.2) is 13.9 Å². The number of anilines is 1. The first-order chi connectivity index (χ1) is 15.0. The largest absolute Gasteiger partial charge is 0.338 e. The molecule has 0 atom stereocenters. The van der Waals surface area contributed by atoms with E-state index in [0.717, 1.165) is 16.8 Å². The Morgan fingerprint density at radius 2 is 2.00 bits per heavy atom. The molecule has 0 bridgehead atoms. The molecule has 0 saturated heterocycles. The van der Waals surface area contributed by atoms with Crippen molar-refractivity contribution in [2.24, 2.45) is 0 Å². The summed E-state index contributed by atoms with van der Waals surface area (Å²) in [7, 11) is 0. The molecule has 3 aromatic rings. The minimum absolute atomic E-state index is 0.0770. The van der Waals surface area contributed by atoms with Gasteiger partial charge < -0.3 is 15.5 Å². The van der Waals surface area contributed by atoms with Crippen LogP contribution in [-0.4, -0.2) is 44.9 Å². The molecule has 8 nitrogen and oxygen atoms in total. The van der Waals surface area contributed by atoms with Crippen molar-refractivity contribution >= 4 is 17.6 Å². The summed E-state index contributed by atoms with van der Waals surface area (Å²) >= 11 is 0. The Balaban J connectivity index is 1.59. The number of nitrogens with one attached hydrogen (secondary N) is 2. The van der Waals surface area contributed by atoms with Gasteiger partial charge in [0.15, 0.2) is 5.69 Å². The third-order valence-corrected chi connectivity index (χ3v) is 5.28. The van der Waals surface area contributed by atoms with Gasteiger partial charge in [0.1, 0.15) is 5.82 Å². The average Bonchev–Trinajstić information content (AvgIpc) is 3.14. The zero-order chi connectivity index (χ0) is 22.0. The second-order valence-electron chi connectivity index (χ2n) is 7.32. The number of benzene rings is 2. The maximum Gasteiger partial charge on any atom is 0.317 e. The minimum atomic E-state index is -0.457. The van der Waals surface area contributed by atoms with Gasteiger partial charge in [0.05, 0.1) is 11.4 Å². The number of amides is 3. The third-order valence-electron chi connectivity index (χ3n) is 5.28. The first kappa shape index (κ1) is 20.5. The molecule has 31 heavy (non-hydrogen) atoms. The van der Waals surface area contributed by atoms with E-state index in [0.29, 0.717) is 37.4 Å². The van der Waals surface area contributed by atoms with Crippen LogP contribution >= 0.6 is 0 Å². The highest BCUT2D eigenvalue weighted by molar-refractivity contribution is 6.03. The van der Waals surface area contributed by atoms with Crippen molar-refractivity contribution in [3.63, 3.8) is 0 Å². The molecule has 1 aliphatic rings. The smallest absolute Gasteiger partial charge is 0.317 e. The quantitative estimate of drug-likeness (QED) is 0.676. The fourth-order valence-electron chi connectivity index (χ4n) is 3.75. The van der Waals surface area contributed by atoms with Crippen molar-refractivity contribution in [3.05, 3.63) is 70.8 Å². The predicted molar refractivity (Wildman–Crippen MR) is 114 cm³/mol. The standard InChI is InChI=1S/C22H23FN6O2/c1-3-24-22(31)28-11-10-18-15(13-28)6-4-9-19(18)29-14(2)20(26-27-29)21(30)25-17-8-5-7-16(23)12-17/h4-9,12H,3,10-11,13H2,1-2H3,(H,24,31)(H,25,30). The number of rotatable bonds is 4. The Bertz CT molecular complexity index is 1140. The zero-order valence-electron chi connectivity index (χ0n) is 17.4. The molecule has 0 spiro atoms. The van der Waals surface area contributed by atoms with Crippen LogP contribution in [0.15, 0.2) is 42.5 Å². The second kappa shape index (κ2) is 8.55. The van der Waals surface area contributed by atoms with Gasteiger partial charge in [-0.05, 0) is 55.7 Å². The highest BCUT2D eigenvalue weighted by atomic mass is 19.1. The molecule has 4 rings (SSSR count). The van der Waals surface area contributed by atoms with E-state index in [9.17, 15) is 14.0 Å². The van der Waals surface area contributed by atoms with Crippen molar-refractivity contribution in [2.45, 2.75) is 26.8 Å². The van der Waals surface area contributed by atoms with Crippen LogP contribution in [-0.2, 0) is 13.0 Å². The van der Waals surface area contributed by atoms with Crippen LogP contribution in [0.2, 0.25) is 0 Å².